The number of rotatable bonds is 3. The number of carbonyl (C=O) groups is 1. The average molecular weight is 212 g/mol. The molecule has 0 bridgehead atoms. The van der Waals surface area contributed by atoms with E-state index in [1.165, 1.54) is 12.1 Å². The van der Waals surface area contributed by atoms with Crippen LogP contribution in [0.1, 0.15) is 6.92 Å². The van der Waals surface area contributed by atoms with Gasteiger partial charge in [-0.25, -0.2) is 4.39 Å². The van der Waals surface area contributed by atoms with Crippen molar-refractivity contribution in [2.45, 2.75) is 6.92 Å². The highest BCUT2D eigenvalue weighted by molar-refractivity contribution is 5.92. The molecule has 0 aromatic heterocycles. The van der Waals surface area contributed by atoms with Crippen molar-refractivity contribution in [3.63, 3.8) is 0 Å². The van der Waals surface area contributed by atoms with Gasteiger partial charge in [-0.1, -0.05) is 6.92 Å². The smallest absolute Gasteiger partial charge is 0.228 e. The Hall–Kier alpha value is -1.62. The maximum Gasteiger partial charge on any atom is 0.228 e. The third kappa shape index (κ3) is 2.92. The number of nitrogens with two attached hydrogens (primary N) is 1. The van der Waals surface area contributed by atoms with Crippen LogP contribution in [0.3, 0.4) is 0 Å². The first kappa shape index (κ1) is 11.5. The van der Waals surface area contributed by atoms with Crippen molar-refractivity contribution in [2.75, 3.05) is 11.9 Å². The molecule has 0 heterocycles. The number of phenols is 1. The molecule has 4 N–H and O–H groups in total. The Morgan fingerprint density at radius 2 is 2.33 bits per heavy atom. The van der Waals surface area contributed by atoms with Crippen molar-refractivity contribution in [3.8, 4) is 5.75 Å². The molecule has 1 aromatic carbocycles. The molecule has 82 valence electrons. The molecule has 1 atom stereocenters. The molecule has 0 fully saturated rings. The molecule has 5 heteroatoms. The highest BCUT2D eigenvalue weighted by atomic mass is 19.1. The zero-order valence-corrected chi connectivity index (χ0v) is 8.33. The predicted octanol–water partition coefficient (Wildman–Crippen LogP) is 1.06. The van der Waals surface area contributed by atoms with Crippen LogP contribution >= 0.6 is 0 Å². The molecule has 1 aromatic rings. The molecule has 0 aliphatic carbocycles. The number of halogens is 1. The van der Waals surface area contributed by atoms with Gasteiger partial charge < -0.3 is 16.2 Å². The lowest BCUT2D eigenvalue weighted by atomic mass is 10.1. The van der Waals surface area contributed by atoms with Crippen molar-refractivity contribution in [2.24, 2.45) is 11.7 Å². The maximum absolute atomic E-state index is 12.9. The highest BCUT2D eigenvalue weighted by Crippen LogP contribution is 2.19. The van der Waals surface area contributed by atoms with E-state index >= 15 is 0 Å². The summed E-state index contributed by atoms with van der Waals surface area (Å²) in [6.45, 7) is 1.90. The van der Waals surface area contributed by atoms with Crippen LogP contribution in [0.25, 0.3) is 0 Å². The second-order valence-corrected chi connectivity index (χ2v) is 3.29. The fraction of sp³-hybridized carbons (Fsp3) is 0.300. The van der Waals surface area contributed by atoms with Crippen LogP contribution in [0.2, 0.25) is 0 Å². The Kier molecular flexibility index (Phi) is 3.62. The Balaban J connectivity index is 2.73. The maximum atomic E-state index is 12.9. The summed E-state index contributed by atoms with van der Waals surface area (Å²) in [5.74, 6) is -1.82. The lowest BCUT2D eigenvalue weighted by Gasteiger charge is -2.09. The van der Waals surface area contributed by atoms with E-state index < -0.39 is 11.6 Å². The molecule has 0 aliphatic rings. The summed E-state index contributed by atoms with van der Waals surface area (Å²) in [4.78, 5) is 11.4. The van der Waals surface area contributed by atoms with Gasteiger partial charge in [-0.2, -0.15) is 0 Å². The summed E-state index contributed by atoms with van der Waals surface area (Å²) in [7, 11) is 0. The zero-order valence-electron chi connectivity index (χ0n) is 8.33. The number of phenolic OH excluding ortho intramolecular Hbond substituents is 1. The van der Waals surface area contributed by atoms with Crippen molar-refractivity contribution in [1.29, 1.82) is 0 Å². The normalized spacial score (nSPS) is 12.2. The number of benzene rings is 1. The number of amides is 1. The van der Waals surface area contributed by atoms with Gasteiger partial charge in [0.25, 0.3) is 0 Å². The molecule has 1 rings (SSSR count). The topological polar surface area (TPSA) is 75.4 Å². The molecule has 0 aliphatic heterocycles. The quantitative estimate of drug-likeness (QED) is 0.656. The van der Waals surface area contributed by atoms with Crippen LogP contribution < -0.4 is 11.1 Å². The molecule has 0 saturated carbocycles. The van der Waals surface area contributed by atoms with E-state index in [4.69, 9.17) is 10.8 Å². The number of anilines is 1. The summed E-state index contributed by atoms with van der Waals surface area (Å²) < 4.78 is 12.9. The second kappa shape index (κ2) is 4.75. The monoisotopic (exact) mass is 212 g/mol. The third-order valence-electron chi connectivity index (χ3n) is 2.02. The fourth-order valence-corrected chi connectivity index (χ4v) is 0.957. The van der Waals surface area contributed by atoms with Crippen molar-refractivity contribution >= 4 is 11.6 Å². The highest BCUT2D eigenvalue weighted by Gasteiger charge is 2.11. The number of aromatic hydroxyl groups is 1. The van der Waals surface area contributed by atoms with Crippen LogP contribution in [0.5, 0.6) is 5.75 Å². The number of hydrogen-bond donors (Lipinski definition) is 3. The van der Waals surface area contributed by atoms with Gasteiger partial charge in [0.15, 0.2) is 11.6 Å². The van der Waals surface area contributed by atoms with Crippen LogP contribution in [0, 0.1) is 11.7 Å². The largest absolute Gasteiger partial charge is 0.505 e. The molecule has 0 saturated heterocycles. The summed E-state index contributed by atoms with van der Waals surface area (Å²) in [6, 6.07) is 3.65. The number of carbonyl (C=O) groups excluding carboxylic acids is 1. The van der Waals surface area contributed by atoms with Gasteiger partial charge in [-0.15, -0.1) is 0 Å². The van der Waals surface area contributed by atoms with Crippen molar-refractivity contribution in [1.82, 2.24) is 0 Å². The van der Waals surface area contributed by atoms with E-state index in [0.29, 0.717) is 5.69 Å². The minimum atomic E-state index is -0.770. The van der Waals surface area contributed by atoms with Crippen LogP contribution in [-0.4, -0.2) is 17.6 Å². The predicted molar refractivity (Wildman–Crippen MR) is 54.9 cm³/mol. The Labute approximate surface area is 86.9 Å². The van der Waals surface area contributed by atoms with Gasteiger partial charge in [0.2, 0.25) is 5.91 Å². The third-order valence-corrected chi connectivity index (χ3v) is 2.02. The minimum absolute atomic E-state index is 0.229. The molecule has 0 radical (unpaired) electrons. The number of hydrogen-bond acceptors (Lipinski definition) is 3. The molecule has 1 unspecified atom stereocenters. The standard InChI is InChI=1S/C10H13FN2O2/c1-6(5-12)10(15)13-7-2-3-9(14)8(11)4-7/h2-4,6,14H,5,12H2,1H3,(H,13,15). The first-order chi connectivity index (χ1) is 7.04. The molecule has 4 nitrogen and oxygen atoms in total. The molecular weight excluding hydrogens is 199 g/mol. The Bertz CT molecular complexity index is 368. The lowest BCUT2D eigenvalue weighted by molar-refractivity contribution is -0.119. The van der Waals surface area contributed by atoms with Crippen LogP contribution in [-0.2, 0) is 4.79 Å². The second-order valence-electron chi connectivity index (χ2n) is 3.29. The van der Waals surface area contributed by atoms with Crippen molar-refractivity contribution in [3.05, 3.63) is 24.0 Å². The summed E-state index contributed by atoms with van der Waals surface area (Å²) in [5.41, 5.74) is 5.61. The summed E-state index contributed by atoms with van der Waals surface area (Å²) in [5, 5.41) is 11.4. The minimum Gasteiger partial charge on any atom is -0.505 e. The van der Waals surface area contributed by atoms with Gasteiger partial charge in [-0.05, 0) is 12.1 Å². The molecule has 15 heavy (non-hydrogen) atoms. The van der Waals surface area contributed by atoms with Gasteiger partial charge in [0.1, 0.15) is 0 Å². The lowest BCUT2D eigenvalue weighted by Crippen LogP contribution is -2.26. The SMILES string of the molecule is CC(CN)C(=O)Nc1ccc(O)c(F)c1. The average Bonchev–Trinajstić information content (AvgIpc) is 2.22. The number of nitrogens with one attached hydrogen (secondary N) is 1. The summed E-state index contributed by atoms with van der Waals surface area (Å²) >= 11 is 0. The van der Waals surface area contributed by atoms with Gasteiger partial charge in [0.05, 0.1) is 0 Å². The van der Waals surface area contributed by atoms with E-state index in [9.17, 15) is 9.18 Å². The molecule has 0 spiro atoms. The van der Waals surface area contributed by atoms with Crippen LogP contribution in [0.15, 0.2) is 18.2 Å². The fourth-order valence-electron chi connectivity index (χ4n) is 0.957. The first-order valence-corrected chi connectivity index (χ1v) is 4.54. The first-order valence-electron chi connectivity index (χ1n) is 4.54. The van der Waals surface area contributed by atoms with Gasteiger partial charge in [0, 0.05) is 24.2 Å². The van der Waals surface area contributed by atoms with Crippen molar-refractivity contribution < 1.29 is 14.3 Å². The van der Waals surface area contributed by atoms with E-state index in [2.05, 4.69) is 5.32 Å². The zero-order chi connectivity index (χ0) is 11.4. The van der Waals surface area contributed by atoms with Gasteiger partial charge in [-0.3, -0.25) is 4.79 Å². The summed E-state index contributed by atoms with van der Waals surface area (Å²) in [6.07, 6.45) is 0. The van der Waals surface area contributed by atoms with Gasteiger partial charge >= 0.3 is 0 Å². The Morgan fingerprint density at radius 1 is 1.67 bits per heavy atom. The van der Waals surface area contributed by atoms with Crippen LogP contribution in [0.4, 0.5) is 10.1 Å². The molecular formula is C10H13FN2O2. The van der Waals surface area contributed by atoms with E-state index in [0.717, 1.165) is 6.07 Å². The Morgan fingerprint density at radius 3 is 2.87 bits per heavy atom. The van der Waals surface area contributed by atoms with E-state index in [1.807, 2.05) is 0 Å². The van der Waals surface area contributed by atoms with E-state index in [-0.39, 0.29) is 18.4 Å². The molecule has 1 amide bonds. The van der Waals surface area contributed by atoms with E-state index in [1.54, 1.807) is 6.92 Å².